The predicted molar refractivity (Wildman–Crippen MR) is 115 cm³/mol. The zero-order chi connectivity index (χ0) is 21.4. The van der Waals surface area contributed by atoms with Crippen LogP contribution >= 0.6 is 0 Å². The van der Waals surface area contributed by atoms with E-state index < -0.39 is 0 Å². The van der Waals surface area contributed by atoms with Gasteiger partial charge in [0.1, 0.15) is 22.9 Å². The summed E-state index contributed by atoms with van der Waals surface area (Å²) in [5.41, 5.74) is 2.95. The Bertz CT molecular complexity index is 1320. The molecule has 0 bridgehead atoms. The van der Waals surface area contributed by atoms with Crippen molar-refractivity contribution in [3.63, 3.8) is 0 Å². The molecule has 0 saturated carbocycles. The lowest BCUT2D eigenvalue weighted by molar-refractivity contribution is 0.503. The molecule has 154 valence electrons. The van der Waals surface area contributed by atoms with Crippen LogP contribution in [0, 0.1) is 17.2 Å². The first kappa shape index (κ1) is 19.8. The minimum absolute atomic E-state index is 0.0448. The molecule has 0 aliphatic carbocycles. The molecule has 30 heavy (non-hydrogen) atoms. The van der Waals surface area contributed by atoms with Crippen LogP contribution in [0.5, 0.6) is 0 Å². The number of hydrogen-bond acceptors (Lipinski definition) is 5. The number of nitriles is 1. The highest BCUT2D eigenvalue weighted by Crippen LogP contribution is 2.22. The predicted octanol–water partition coefficient (Wildman–Crippen LogP) is 3.49. The Morgan fingerprint density at radius 3 is 2.60 bits per heavy atom. The third-order valence-electron chi connectivity index (χ3n) is 5.30. The van der Waals surface area contributed by atoms with Crippen LogP contribution in [-0.2, 0) is 13.1 Å². The van der Waals surface area contributed by atoms with Gasteiger partial charge in [-0.25, -0.2) is 19.7 Å². The Morgan fingerprint density at radius 1 is 1.10 bits per heavy atom. The normalized spacial score (nSPS) is 11.8. The van der Waals surface area contributed by atoms with Crippen LogP contribution in [0.2, 0.25) is 0 Å². The summed E-state index contributed by atoms with van der Waals surface area (Å²) < 4.78 is 5.41. The minimum Gasteiger partial charge on any atom is -0.311 e. The van der Waals surface area contributed by atoms with Crippen LogP contribution in [-0.4, -0.2) is 28.7 Å². The van der Waals surface area contributed by atoms with Crippen molar-refractivity contribution in [2.24, 2.45) is 5.92 Å². The molecule has 4 heterocycles. The van der Waals surface area contributed by atoms with Gasteiger partial charge in [-0.05, 0) is 44.4 Å². The van der Waals surface area contributed by atoms with Crippen molar-refractivity contribution >= 4 is 22.2 Å². The molecule has 0 atom stereocenters. The van der Waals surface area contributed by atoms with Crippen LogP contribution in [0.1, 0.15) is 51.7 Å². The summed E-state index contributed by atoms with van der Waals surface area (Å²) in [4.78, 5) is 26.8. The number of aromatic nitrogens is 6. The van der Waals surface area contributed by atoms with E-state index in [1.54, 1.807) is 27.6 Å². The van der Waals surface area contributed by atoms with Crippen LogP contribution in [0.15, 0.2) is 35.4 Å². The summed E-state index contributed by atoms with van der Waals surface area (Å²) in [6, 6.07) is 7.67. The molecule has 0 fully saturated rings. The molecule has 0 amide bonds. The standard InChI is InChI=1S/C22H25N7O/c1-14(2)8-11-27-19(26-16-6-5-9-25-21(16)27)13-28-20-17(12-23)24-10-7-18(20)29(15(3)4)22(28)30/h5-7,9-10,14-15H,8,11,13H2,1-4H3. The molecule has 0 aliphatic heterocycles. The number of aryl methyl sites for hydroxylation is 1. The molecule has 8 nitrogen and oxygen atoms in total. The largest absolute Gasteiger partial charge is 0.329 e. The van der Waals surface area contributed by atoms with E-state index in [-0.39, 0.29) is 24.0 Å². The fourth-order valence-electron chi connectivity index (χ4n) is 3.85. The monoisotopic (exact) mass is 403 g/mol. The van der Waals surface area contributed by atoms with E-state index in [0.717, 1.165) is 30.0 Å². The second-order valence-corrected chi connectivity index (χ2v) is 8.18. The van der Waals surface area contributed by atoms with Gasteiger partial charge in [-0.2, -0.15) is 5.26 Å². The Labute approximate surface area is 174 Å². The molecule has 0 unspecified atom stereocenters. The van der Waals surface area contributed by atoms with E-state index in [2.05, 4.69) is 34.5 Å². The molecular formula is C22H25N7O. The third kappa shape index (κ3) is 3.26. The van der Waals surface area contributed by atoms with Gasteiger partial charge in [0.05, 0.1) is 12.1 Å². The maximum Gasteiger partial charge on any atom is 0.329 e. The molecule has 0 saturated heterocycles. The van der Waals surface area contributed by atoms with Crippen molar-refractivity contribution in [3.8, 4) is 6.07 Å². The number of rotatable bonds is 6. The van der Waals surface area contributed by atoms with Gasteiger partial charge in [0.15, 0.2) is 11.3 Å². The Hall–Kier alpha value is -3.47. The van der Waals surface area contributed by atoms with Crippen molar-refractivity contribution in [1.82, 2.24) is 28.7 Å². The molecule has 4 aromatic heterocycles. The zero-order valence-electron chi connectivity index (χ0n) is 17.7. The summed E-state index contributed by atoms with van der Waals surface area (Å²) in [5.74, 6) is 1.28. The highest BCUT2D eigenvalue weighted by Gasteiger charge is 2.21. The van der Waals surface area contributed by atoms with Gasteiger partial charge in [-0.1, -0.05) is 13.8 Å². The second kappa shape index (κ2) is 7.75. The molecule has 4 aromatic rings. The smallest absolute Gasteiger partial charge is 0.311 e. The van der Waals surface area contributed by atoms with Crippen molar-refractivity contribution in [2.75, 3.05) is 0 Å². The van der Waals surface area contributed by atoms with Crippen LogP contribution in [0.4, 0.5) is 0 Å². The molecule has 0 radical (unpaired) electrons. The molecule has 4 rings (SSSR count). The van der Waals surface area contributed by atoms with Gasteiger partial charge >= 0.3 is 5.69 Å². The maximum atomic E-state index is 13.3. The summed E-state index contributed by atoms with van der Waals surface area (Å²) in [7, 11) is 0. The summed E-state index contributed by atoms with van der Waals surface area (Å²) in [6.07, 6.45) is 4.31. The van der Waals surface area contributed by atoms with E-state index in [1.807, 2.05) is 26.0 Å². The van der Waals surface area contributed by atoms with E-state index >= 15 is 0 Å². The van der Waals surface area contributed by atoms with Gasteiger partial charge in [0.2, 0.25) is 0 Å². The summed E-state index contributed by atoms with van der Waals surface area (Å²) in [5, 5.41) is 9.61. The maximum absolute atomic E-state index is 13.3. The average molecular weight is 403 g/mol. The summed E-state index contributed by atoms with van der Waals surface area (Å²) >= 11 is 0. The Morgan fingerprint density at radius 2 is 1.90 bits per heavy atom. The third-order valence-corrected chi connectivity index (χ3v) is 5.30. The van der Waals surface area contributed by atoms with Gasteiger partial charge < -0.3 is 4.57 Å². The Kier molecular flexibility index (Phi) is 5.12. The number of fused-ring (bicyclic) bond motifs is 2. The van der Waals surface area contributed by atoms with Gasteiger partial charge in [-0.3, -0.25) is 9.13 Å². The van der Waals surface area contributed by atoms with E-state index in [9.17, 15) is 10.1 Å². The van der Waals surface area contributed by atoms with E-state index in [0.29, 0.717) is 17.0 Å². The highest BCUT2D eigenvalue weighted by molar-refractivity contribution is 5.81. The van der Waals surface area contributed by atoms with Crippen LogP contribution < -0.4 is 5.69 Å². The molecule has 0 aromatic carbocycles. The first-order valence-electron chi connectivity index (χ1n) is 10.2. The van der Waals surface area contributed by atoms with Crippen molar-refractivity contribution < 1.29 is 0 Å². The average Bonchev–Trinajstić information content (AvgIpc) is 3.21. The van der Waals surface area contributed by atoms with E-state index in [1.165, 1.54) is 0 Å². The van der Waals surface area contributed by atoms with Gasteiger partial charge in [0, 0.05) is 25.0 Å². The molecule has 8 heteroatoms. The van der Waals surface area contributed by atoms with Crippen molar-refractivity contribution in [1.29, 1.82) is 5.26 Å². The van der Waals surface area contributed by atoms with Crippen LogP contribution in [0.25, 0.3) is 22.2 Å². The van der Waals surface area contributed by atoms with Gasteiger partial charge in [-0.15, -0.1) is 0 Å². The lowest BCUT2D eigenvalue weighted by Gasteiger charge is -2.11. The Balaban J connectivity index is 1.93. The number of hydrogen-bond donors (Lipinski definition) is 0. The quantitative estimate of drug-likeness (QED) is 0.491. The molecule has 0 aliphatic rings. The first-order valence-corrected chi connectivity index (χ1v) is 10.2. The molecular weight excluding hydrogens is 378 g/mol. The molecule has 0 N–H and O–H groups in total. The summed E-state index contributed by atoms with van der Waals surface area (Å²) in [6.45, 7) is 9.29. The molecule has 0 spiro atoms. The van der Waals surface area contributed by atoms with Crippen LogP contribution in [0.3, 0.4) is 0 Å². The van der Waals surface area contributed by atoms with Crippen molar-refractivity contribution in [2.45, 2.75) is 53.2 Å². The highest BCUT2D eigenvalue weighted by atomic mass is 16.1. The zero-order valence-corrected chi connectivity index (χ0v) is 17.7. The van der Waals surface area contributed by atoms with E-state index in [4.69, 9.17) is 4.98 Å². The fourth-order valence-corrected chi connectivity index (χ4v) is 3.85. The fraction of sp³-hybridized carbons (Fsp3) is 0.409. The lowest BCUT2D eigenvalue weighted by atomic mass is 10.1. The SMILES string of the molecule is CC(C)CCn1c(Cn2c(=O)n(C(C)C)c3ccnc(C#N)c32)nc2cccnc21. The van der Waals surface area contributed by atoms with Crippen molar-refractivity contribution in [3.05, 3.63) is 52.6 Å². The topological polar surface area (TPSA) is 94.3 Å². The second-order valence-electron chi connectivity index (χ2n) is 8.18. The number of nitrogens with zero attached hydrogens (tertiary/aromatic N) is 7. The minimum atomic E-state index is -0.167. The first-order chi connectivity index (χ1) is 14.4. The number of pyridine rings is 2. The lowest BCUT2D eigenvalue weighted by Crippen LogP contribution is -2.27. The number of imidazole rings is 2. The van der Waals surface area contributed by atoms with Gasteiger partial charge in [0.25, 0.3) is 0 Å².